The molecule has 4 aromatic carbocycles. The van der Waals surface area contributed by atoms with Gasteiger partial charge in [-0.2, -0.15) is 0 Å². The number of nitrogens with zero attached hydrogens (tertiary/aromatic N) is 4. The molecular formula is C40H28N4O2. The van der Waals surface area contributed by atoms with Gasteiger partial charge in [0.25, 0.3) is 11.8 Å². The maximum Gasteiger partial charge on any atom is 0.269 e. The Balaban J connectivity index is 1.52. The average Bonchev–Trinajstić information content (AvgIpc) is 3.71. The normalized spacial score (nSPS) is 16.3. The predicted octanol–water partition coefficient (Wildman–Crippen LogP) is 9.18. The lowest BCUT2D eigenvalue weighted by Gasteiger charge is -2.19. The molecule has 0 bridgehead atoms. The van der Waals surface area contributed by atoms with E-state index in [-0.39, 0.29) is 17.9 Å². The van der Waals surface area contributed by atoms with Gasteiger partial charge in [-0.3, -0.25) is 9.59 Å². The first kappa shape index (κ1) is 26.4. The van der Waals surface area contributed by atoms with Gasteiger partial charge in [-0.05, 0) is 55.8 Å². The molecule has 1 aliphatic heterocycles. The lowest BCUT2D eigenvalue weighted by atomic mass is 9.97. The number of hydrogen-bond donors (Lipinski definition) is 0. The van der Waals surface area contributed by atoms with Gasteiger partial charge in [-0.1, -0.05) is 91.0 Å². The number of rotatable bonds is 4. The van der Waals surface area contributed by atoms with Crippen LogP contribution in [0.15, 0.2) is 127 Å². The maximum atomic E-state index is 14.9. The van der Waals surface area contributed by atoms with Crippen molar-refractivity contribution in [1.29, 1.82) is 0 Å². The fraction of sp³-hybridized carbons (Fsp3) is 0.0750. The molecule has 0 fully saturated rings. The number of anilines is 1. The van der Waals surface area contributed by atoms with E-state index >= 15 is 0 Å². The molecule has 0 saturated heterocycles. The first-order chi connectivity index (χ1) is 22.7. The van der Waals surface area contributed by atoms with Crippen molar-refractivity contribution in [2.75, 3.05) is 4.90 Å². The van der Waals surface area contributed by atoms with E-state index in [0.29, 0.717) is 22.6 Å². The molecule has 0 radical (unpaired) electrons. The summed E-state index contributed by atoms with van der Waals surface area (Å²) < 4.78 is 4.42. The van der Waals surface area contributed by atoms with Gasteiger partial charge < -0.3 is 9.13 Å². The van der Waals surface area contributed by atoms with Gasteiger partial charge in [0.05, 0.1) is 39.4 Å². The van der Waals surface area contributed by atoms with Crippen molar-refractivity contribution in [1.82, 2.24) is 14.1 Å². The van der Waals surface area contributed by atoms with E-state index in [9.17, 15) is 9.59 Å². The van der Waals surface area contributed by atoms with E-state index in [1.54, 1.807) is 6.07 Å². The molecule has 6 heteroatoms. The van der Waals surface area contributed by atoms with E-state index in [1.165, 1.54) is 4.90 Å². The van der Waals surface area contributed by atoms with Gasteiger partial charge >= 0.3 is 0 Å². The molecule has 0 saturated carbocycles. The van der Waals surface area contributed by atoms with Crippen LogP contribution in [-0.2, 0) is 0 Å². The number of allylic oxidation sites excluding steroid dienone is 5. The summed E-state index contributed by atoms with van der Waals surface area (Å²) in [5.74, 6) is -0.414. The van der Waals surface area contributed by atoms with Crippen molar-refractivity contribution in [3.8, 4) is 5.69 Å². The molecule has 0 N–H and O–H groups in total. The molecule has 4 heterocycles. The van der Waals surface area contributed by atoms with Gasteiger partial charge in [-0.25, -0.2) is 9.88 Å². The molecule has 1 aliphatic carbocycles. The Kier molecular flexibility index (Phi) is 5.74. The predicted molar refractivity (Wildman–Crippen MR) is 186 cm³/mol. The SMILES string of the molecule is C/C=C/c1cccc(N2C(=O)c3c(c4c(c5ccccc5n4C4C=CC=CC4)c4c5ccccc5n(-c5ccccc5)c34)C2=O)n1. The van der Waals surface area contributed by atoms with E-state index in [4.69, 9.17) is 4.98 Å². The first-order valence-electron chi connectivity index (χ1n) is 15.6. The fourth-order valence-corrected chi connectivity index (χ4v) is 7.45. The second-order valence-corrected chi connectivity index (χ2v) is 11.8. The Hall–Kier alpha value is -6.01. The zero-order chi connectivity index (χ0) is 30.9. The molecule has 46 heavy (non-hydrogen) atoms. The summed E-state index contributed by atoms with van der Waals surface area (Å²) >= 11 is 0. The van der Waals surface area contributed by atoms with Crippen molar-refractivity contribution in [2.24, 2.45) is 0 Å². The minimum absolute atomic E-state index is 0.0236. The molecule has 2 amide bonds. The van der Waals surface area contributed by atoms with Crippen LogP contribution in [0.1, 0.15) is 45.8 Å². The standard InChI is InChI=1S/C40H28N4O2/c1-2-14-25-15-13-24-32(41-25)44-39(45)35-36(40(44)46)38-34(29-21-10-12-23-31(29)43(38)27-18-7-4-8-19-27)33-28-20-9-11-22-30(28)42(37(33)35)26-16-5-3-6-17-26/h2-18,20-24,27H,19H2,1H3/b14-2+. The molecule has 220 valence electrons. The molecular weight excluding hydrogens is 568 g/mol. The van der Waals surface area contributed by atoms with Crippen molar-refractivity contribution in [3.63, 3.8) is 0 Å². The largest absolute Gasteiger partial charge is 0.332 e. The highest BCUT2D eigenvalue weighted by Gasteiger charge is 2.44. The lowest BCUT2D eigenvalue weighted by molar-refractivity contribution is 0.0926. The minimum Gasteiger partial charge on any atom is -0.332 e. The van der Waals surface area contributed by atoms with Crippen LogP contribution in [0.25, 0.3) is 55.4 Å². The highest BCUT2D eigenvalue weighted by molar-refractivity contribution is 6.45. The molecule has 1 atom stereocenters. The number of benzene rings is 4. The Bertz CT molecular complexity index is 2510. The van der Waals surface area contributed by atoms with Gasteiger partial charge in [0.15, 0.2) is 0 Å². The van der Waals surface area contributed by atoms with Gasteiger partial charge in [0.1, 0.15) is 5.82 Å². The molecule has 9 rings (SSSR count). The van der Waals surface area contributed by atoms with E-state index < -0.39 is 0 Å². The zero-order valence-corrected chi connectivity index (χ0v) is 25.1. The van der Waals surface area contributed by atoms with Crippen LogP contribution in [0.5, 0.6) is 0 Å². The van der Waals surface area contributed by atoms with Crippen LogP contribution in [-0.4, -0.2) is 25.9 Å². The van der Waals surface area contributed by atoms with Crippen molar-refractivity contribution >= 4 is 67.3 Å². The fourth-order valence-electron chi connectivity index (χ4n) is 7.45. The Morgan fingerprint density at radius 2 is 1.39 bits per heavy atom. The summed E-state index contributed by atoms with van der Waals surface area (Å²) in [6.45, 7) is 1.92. The number of carbonyl (C=O) groups is 2. The van der Waals surface area contributed by atoms with Gasteiger partial charge in [-0.15, -0.1) is 0 Å². The lowest BCUT2D eigenvalue weighted by Crippen LogP contribution is -2.30. The number of hydrogen-bond acceptors (Lipinski definition) is 3. The van der Waals surface area contributed by atoms with Gasteiger partial charge in [0.2, 0.25) is 0 Å². The monoisotopic (exact) mass is 596 g/mol. The van der Waals surface area contributed by atoms with Crippen LogP contribution >= 0.6 is 0 Å². The third-order valence-corrected chi connectivity index (χ3v) is 9.22. The van der Waals surface area contributed by atoms with E-state index in [2.05, 4.69) is 57.7 Å². The Labute approximate surface area is 264 Å². The molecule has 7 aromatic rings. The molecule has 2 aliphatic rings. The van der Waals surface area contributed by atoms with Crippen molar-refractivity contribution in [3.05, 3.63) is 144 Å². The number of aromatic nitrogens is 3. The van der Waals surface area contributed by atoms with Crippen LogP contribution in [0.3, 0.4) is 0 Å². The van der Waals surface area contributed by atoms with Gasteiger partial charge in [0, 0.05) is 32.7 Å². The number of para-hydroxylation sites is 3. The highest BCUT2D eigenvalue weighted by Crippen LogP contribution is 2.49. The Morgan fingerprint density at radius 1 is 0.717 bits per heavy atom. The number of imide groups is 1. The molecule has 0 spiro atoms. The second kappa shape index (κ2) is 10.0. The van der Waals surface area contributed by atoms with E-state index in [0.717, 1.165) is 55.7 Å². The third kappa shape index (κ3) is 3.55. The zero-order valence-electron chi connectivity index (χ0n) is 25.1. The van der Waals surface area contributed by atoms with Crippen LogP contribution in [0, 0.1) is 0 Å². The minimum atomic E-state index is -0.368. The van der Waals surface area contributed by atoms with Crippen LogP contribution < -0.4 is 4.90 Å². The number of carbonyl (C=O) groups excluding carboxylic acids is 2. The summed E-state index contributed by atoms with van der Waals surface area (Å²) in [6.07, 6.45) is 13.0. The first-order valence-corrected chi connectivity index (χ1v) is 15.6. The highest BCUT2D eigenvalue weighted by atomic mass is 16.2. The Morgan fingerprint density at radius 3 is 2.13 bits per heavy atom. The summed E-state index contributed by atoms with van der Waals surface area (Å²) in [4.78, 5) is 35.8. The maximum absolute atomic E-state index is 14.9. The summed E-state index contributed by atoms with van der Waals surface area (Å²) in [5, 5.41) is 4.04. The molecule has 1 unspecified atom stereocenters. The molecule has 6 nitrogen and oxygen atoms in total. The second-order valence-electron chi connectivity index (χ2n) is 11.8. The van der Waals surface area contributed by atoms with Crippen LogP contribution in [0.4, 0.5) is 5.82 Å². The van der Waals surface area contributed by atoms with Crippen LogP contribution in [0.2, 0.25) is 0 Å². The summed E-state index contributed by atoms with van der Waals surface area (Å²) in [7, 11) is 0. The average molecular weight is 597 g/mol. The third-order valence-electron chi connectivity index (χ3n) is 9.22. The summed E-state index contributed by atoms with van der Waals surface area (Å²) in [5.41, 5.74) is 5.96. The topological polar surface area (TPSA) is 60.1 Å². The quantitative estimate of drug-likeness (QED) is 0.190. The van der Waals surface area contributed by atoms with Crippen molar-refractivity contribution < 1.29 is 9.59 Å². The number of amides is 2. The number of pyridine rings is 1. The molecule has 3 aromatic heterocycles. The number of fused-ring (bicyclic) bond motifs is 10. The summed E-state index contributed by atoms with van der Waals surface area (Å²) in [6, 6.07) is 32.1. The smallest absolute Gasteiger partial charge is 0.269 e. The van der Waals surface area contributed by atoms with E-state index in [1.807, 2.05) is 85.8 Å². The van der Waals surface area contributed by atoms with Crippen molar-refractivity contribution in [2.45, 2.75) is 19.4 Å².